The van der Waals surface area contributed by atoms with Gasteiger partial charge in [0.25, 0.3) is 0 Å². The summed E-state index contributed by atoms with van der Waals surface area (Å²) < 4.78 is 29.2. The van der Waals surface area contributed by atoms with E-state index in [1.165, 1.54) is 0 Å². The van der Waals surface area contributed by atoms with Gasteiger partial charge in [-0.15, -0.1) is 0 Å². The first-order valence-corrected chi connectivity index (χ1v) is 15.1. The molecule has 2 aliphatic heterocycles. The van der Waals surface area contributed by atoms with Crippen molar-refractivity contribution in [3.63, 3.8) is 0 Å². The second-order valence-electron chi connectivity index (χ2n) is 13.0. The Kier molecular flexibility index (Phi) is 8.59. The maximum Gasteiger partial charge on any atom is 0.412 e. The number of benzene rings is 3. The molecule has 2 amide bonds. The van der Waals surface area contributed by atoms with Crippen LogP contribution in [-0.4, -0.2) is 50.4 Å². The van der Waals surface area contributed by atoms with Gasteiger partial charge in [-0.25, -0.2) is 9.59 Å². The molecule has 5 rings (SSSR count). The lowest BCUT2D eigenvalue weighted by Crippen LogP contribution is -2.41. The number of rotatable bonds is 6. The molecule has 3 aromatic rings. The molecule has 0 bridgehead atoms. The number of hydrogen-bond donors (Lipinski definition) is 2. The van der Waals surface area contributed by atoms with Gasteiger partial charge in [0.15, 0.2) is 0 Å². The number of carbonyl (C=O) groups is 2. The fraction of sp³-hybridized carbons (Fsp3) is 0.412. The number of ether oxygens (including phenoxy) is 5. The highest BCUT2D eigenvalue weighted by molar-refractivity contribution is 6.30. The maximum absolute atomic E-state index is 12.7. The minimum atomic E-state index is -0.753. The first-order valence-electron chi connectivity index (χ1n) is 14.7. The van der Waals surface area contributed by atoms with Crippen molar-refractivity contribution in [1.82, 2.24) is 0 Å². The van der Waals surface area contributed by atoms with E-state index in [0.29, 0.717) is 46.6 Å². The molecule has 2 atom stereocenters. The highest BCUT2D eigenvalue weighted by atomic mass is 35.5. The van der Waals surface area contributed by atoms with Crippen molar-refractivity contribution >= 4 is 46.5 Å². The molecule has 240 valence electrons. The Balaban J connectivity index is 1.63. The molecule has 11 heteroatoms. The van der Waals surface area contributed by atoms with E-state index in [0.717, 1.165) is 16.8 Å². The quantitative estimate of drug-likeness (QED) is 0.278. The Morgan fingerprint density at radius 1 is 0.800 bits per heavy atom. The minimum Gasteiger partial charge on any atom is -0.496 e. The summed E-state index contributed by atoms with van der Waals surface area (Å²) >= 11 is 6.64. The predicted octanol–water partition coefficient (Wildman–Crippen LogP) is 8.24. The number of amides is 2. The number of nitrogens with zero attached hydrogens (tertiary/aromatic N) is 1. The molecule has 0 spiro atoms. The van der Waals surface area contributed by atoms with Crippen molar-refractivity contribution in [1.29, 1.82) is 0 Å². The van der Waals surface area contributed by atoms with Crippen LogP contribution in [0.3, 0.4) is 0 Å². The third-order valence-electron chi connectivity index (χ3n) is 7.54. The van der Waals surface area contributed by atoms with Gasteiger partial charge in [-0.05, 0) is 108 Å². The van der Waals surface area contributed by atoms with Gasteiger partial charge in [0.05, 0.1) is 31.9 Å². The van der Waals surface area contributed by atoms with Crippen LogP contribution >= 0.6 is 11.6 Å². The molecule has 2 heterocycles. The molecular formula is C34H40ClN3O7. The second kappa shape index (κ2) is 12.0. The normalized spacial score (nSPS) is 19.0. The van der Waals surface area contributed by atoms with Crippen LogP contribution < -0.4 is 25.0 Å². The van der Waals surface area contributed by atoms with Crippen molar-refractivity contribution < 1.29 is 33.3 Å². The fourth-order valence-corrected chi connectivity index (χ4v) is 6.14. The molecule has 0 radical (unpaired) electrons. The number of anilines is 4. The van der Waals surface area contributed by atoms with Crippen LogP contribution in [-0.2, 0) is 19.6 Å². The molecule has 3 aromatic carbocycles. The second-order valence-corrected chi connectivity index (χ2v) is 13.5. The molecule has 10 nitrogen and oxygen atoms in total. The van der Waals surface area contributed by atoms with Crippen LogP contribution in [0, 0.1) is 0 Å². The highest BCUT2D eigenvalue weighted by Crippen LogP contribution is 2.60. The zero-order chi connectivity index (χ0) is 32.7. The Labute approximate surface area is 268 Å². The zero-order valence-corrected chi connectivity index (χ0v) is 27.6. The summed E-state index contributed by atoms with van der Waals surface area (Å²) in [5, 5.41) is 6.25. The van der Waals surface area contributed by atoms with Gasteiger partial charge in [-0.2, -0.15) is 0 Å². The number of methoxy groups -OCH3 is 2. The van der Waals surface area contributed by atoms with Gasteiger partial charge in [0.1, 0.15) is 28.9 Å². The van der Waals surface area contributed by atoms with Crippen LogP contribution in [0.5, 0.6) is 11.5 Å². The number of fused-ring (bicyclic) bond motifs is 3. The zero-order valence-electron chi connectivity index (χ0n) is 26.9. The molecule has 1 fully saturated rings. The van der Waals surface area contributed by atoms with Crippen LogP contribution in [0.1, 0.15) is 59.1 Å². The molecule has 0 aromatic heterocycles. The Bertz CT molecular complexity index is 1610. The van der Waals surface area contributed by atoms with Crippen molar-refractivity contribution in [2.24, 2.45) is 0 Å². The highest BCUT2D eigenvalue weighted by Gasteiger charge is 2.58. The summed E-state index contributed by atoms with van der Waals surface area (Å²) in [6.07, 6.45) is -1.09. The summed E-state index contributed by atoms with van der Waals surface area (Å²) in [5.41, 5.74) is 2.26. The third-order valence-corrected chi connectivity index (χ3v) is 7.77. The average Bonchev–Trinajstić information content (AvgIpc) is 3.47. The van der Waals surface area contributed by atoms with E-state index in [9.17, 15) is 9.59 Å². The largest absolute Gasteiger partial charge is 0.496 e. The Hall–Kier alpha value is -4.15. The monoisotopic (exact) mass is 637 g/mol. The summed E-state index contributed by atoms with van der Waals surface area (Å²) in [4.78, 5) is 27.4. The number of nitrogens with one attached hydrogen (secondary N) is 2. The van der Waals surface area contributed by atoms with E-state index >= 15 is 0 Å². The molecule has 45 heavy (non-hydrogen) atoms. The lowest BCUT2D eigenvalue weighted by atomic mass is 9.73. The molecule has 0 unspecified atom stereocenters. The molecular weight excluding hydrogens is 598 g/mol. The average molecular weight is 638 g/mol. The fourth-order valence-electron chi connectivity index (χ4n) is 5.96. The summed E-state index contributed by atoms with van der Waals surface area (Å²) in [6.45, 7) is 11.3. The van der Waals surface area contributed by atoms with E-state index < -0.39 is 35.0 Å². The van der Waals surface area contributed by atoms with Crippen LogP contribution in [0.2, 0.25) is 5.02 Å². The van der Waals surface area contributed by atoms with Gasteiger partial charge < -0.3 is 28.6 Å². The van der Waals surface area contributed by atoms with Gasteiger partial charge in [-0.3, -0.25) is 10.6 Å². The van der Waals surface area contributed by atoms with Crippen molar-refractivity contribution in [3.05, 3.63) is 70.7 Å². The van der Waals surface area contributed by atoms with Crippen molar-refractivity contribution in [2.75, 3.05) is 36.4 Å². The van der Waals surface area contributed by atoms with Gasteiger partial charge in [0.2, 0.25) is 0 Å². The molecule has 0 aliphatic carbocycles. The Morgan fingerprint density at radius 3 is 1.96 bits per heavy atom. The first kappa shape index (κ1) is 32.2. The molecule has 2 aliphatic rings. The third kappa shape index (κ3) is 6.48. The number of hydrogen-bond acceptors (Lipinski definition) is 8. The van der Waals surface area contributed by atoms with E-state index in [1.54, 1.807) is 32.4 Å². The summed E-state index contributed by atoms with van der Waals surface area (Å²) in [7, 11) is 3.21. The predicted molar refractivity (Wildman–Crippen MR) is 174 cm³/mol. The van der Waals surface area contributed by atoms with Crippen LogP contribution in [0.15, 0.2) is 54.6 Å². The number of halogens is 1. The smallest absolute Gasteiger partial charge is 0.412 e. The minimum absolute atomic E-state index is 0.443. The van der Waals surface area contributed by atoms with Gasteiger partial charge in [0, 0.05) is 27.6 Å². The van der Waals surface area contributed by atoms with E-state index in [4.69, 9.17) is 35.3 Å². The van der Waals surface area contributed by atoms with Crippen LogP contribution in [0.25, 0.3) is 0 Å². The first-order chi connectivity index (χ1) is 21.1. The van der Waals surface area contributed by atoms with E-state index in [-0.39, 0.29) is 0 Å². The lowest BCUT2D eigenvalue weighted by molar-refractivity contribution is 0.0624. The lowest BCUT2D eigenvalue weighted by Gasteiger charge is -2.34. The summed E-state index contributed by atoms with van der Waals surface area (Å²) in [5.74, 6) is 1.20. The van der Waals surface area contributed by atoms with Gasteiger partial charge in [-0.1, -0.05) is 11.6 Å². The van der Waals surface area contributed by atoms with Crippen molar-refractivity contribution in [2.45, 2.75) is 70.8 Å². The summed E-state index contributed by atoms with van der Waals surface area (Å²) in [6, 6.07) is 16.6. The van der Waals surface area contributed by atoms with Crippen molar-refractivity contribution in [3.8, 4) is 11.5 Å². The molecule has 1 saturated heterocycles. The SMILES string of the molecule is COc1ccc(NC(=O)OC(C)(C)C)cc1N1c2ccc(Cl)cc2[C@@]2(c3cc(NC(=O)OC(C)(C)C)ccc3OC)CCO[C@@H]12. The topological polar surface area (TPSA) is 108 Å². The van der Waals surface area contributed by atoms with E-state index in [2.05, 4.69) is 15.5 Å². The molecule has 0 saturated carbocycles. The standard InChI is InChI=1S/C34H40ClN3O7/c1-32(2,3)44-30(39)36-21-10-13-27(41-7)24(18-21)34-15-16-43-29(34)38(25-12-9-20(35)17-23(25)34)26-19-22(11-14-28(26)42-8)37-31(40)45-33(4,5)6/h9-14,17-19,29H,15-16H2,1-8H3,(H,36,39)(H,37,40)/t29-,34-/m1/s1. The van der Waals surface area contributed by atoms with Gasteiger partial charge >= 0.3 is 12.2 Å². The number of carbonyl (C=O) groups excluding carboxylic acids is 2. The Morgan fingerprint density at radius 2 is 1.38 bits per heavy atom. The van der Waals surface area contributed by atoms with Crippen LogP contribution in [0.4, 0.5) is 32.3 Å². The van der Waals surface area contributed by atoms with E-state index in [1.807, 2.05) is 77.9 Å². The molecule has 2 N–H and O–H groups in total. The maximum atomic E-state index is 12.7.